The molecule has 4 rings (SSSR count). The number of imidazole rings is 1. The van der Waals surface area contributed by atoms with Crippen LogP contribution in [0, 0.1) is 0 Å². The van der Waals surface area contributed by atoms with Gasteiger partial charge < -0.3 is 9.88 Å². The number of benzene rings is 2. The van der Waals surface area contributed by atoms with Crippen LogP contribution in [-0.2, 0) is 27.2 Å². The fourth-order valence-corrected chi connectivity index (χ4v) is 3.75. The summed E-state index contributed by atoms with van der Waals surface area (Å²) in [5.74, 6) is 0.465. The van der Waals surface area contributed by atoms with Crippen LogP contribution in [0.4, 0.5) is 5.95 Å². The van der Waals surface area contributed by atoms with E-state index in [0.717, 1.165) is 5.56 Å². The minimum Gasteiger partial charge on any atom is -0.351 e. The van der Waals surface area contributed by atoms with Crippen molar-refractivity contribution in [2.45, 2.75) is 13.1 Å². The highest BCUT2D eigenvalue weighted by Crippen LogP contribution is 2.19. The lowest BCUT2D eigenvalue weighted by Gasteiger charge is -2.10. The quantitative estimate of drug-likeness (QED) is 0.512. The maximum atomic E-state index is 13.2. The van der Waals surface area contributed by atoms with Crippen molar-refractivity contribution in [1.29, 1.82) is 0 Å². The molecule has 0 bridgehead atoms. The van der Waals surface area contributed by atoms with E-state index in [2.05, 4.69) is 10.3 Å². The van der Waals surface area contributed by atoms with Crippen LogP contribution in [-0.4, -0.2) is 18.7 Å². The fraction of sp³-hybridized carbons (Fsp3) is 0.190. The van der Waals surface area contributed by atoms with Crippen LogP contribution >= 0.6 is 23.2 Å². The molecule has 30 heavy (non-hydrogen) atoms. The van der Waals surface area contributed by atoms with Crippen molar-refractivity contribution in [3.8, 4) is 0 Å². The summed E-state index contributed by atoms with van der Waals surface area (Å²) in [6, 6.07) is 14.6. The number of fused-ring (bicyclic) bond motifs is 1. The summed E-state index contributed by atoms with van der Waals surface area (Å²) in [4.78, 5) is 30.5. The molecule has 7 nitrogen and oxygen atoms in total. The standard InChI is InChI=1S/C21H19Cl2N5O2/c1-26-17-18(25-20(26)24-11-13-7-3-5-9-15(13)22)27(2)21(30)28(19(17)29)12-14-8-4-6-10-16(14)23/h3-10H,11-12H2,1-2H3,(H,24,25). The van der Waals surface area contributed by atoms with Crippen molar-refractivity contribution in [1.82, 2.24) is 18.7 Å². The monoisotopic (exact) mass is 443 g/mol. The van der Waals surface area contributed by atoms with Crippen LogP contribution in [0.2, 0.25) is 10.0 Å². The Labute approximate surface area is 182 Å². The summed E-state index contributed by atoms with van der Waals surface area (Å²) in [7, 11) is 3.33. The van der Waals surface area contributed by atoms with Gasteiger partial charge in [0.25, 0.3) is 5.56 Å². The third kappa shape index (κ3) is 3.51. The number of nitrogens with one attached hydrogen (secondary N) is 1. The zero-order valence-electron chi connectivity index (χ0n) is 16.4. The van der Waals surface area contributed by atoms with Gasteiger partial charge >= 0.3 is 5.69 Å². The number of hydrogen-bond acceptors (Lipinski definition) is 4. The maximum absolute atomic E-state index is 13.2. The normalized spacial score (nSPS) is 11.2. The average Bonchev–Trinajstić information content (AvgIpc) is 3.07. The molecule has 9 heteroatoms. The number of aryl methyl sites for hydroxylation is 2. The van der Waals surface area contributed by atoms with Crippen molar-refractivity contribution >= 4 is 40.3 Å². The van der Waals surface area contributed by atoms with Gasteiger partial charge in [0.15, 0.2) is 11.2 Å². The number of nitrogens with zero attached hydrogens (tertiary/aromatic N) is 4. The Morgan fingerprint density at radius 2 is 1.50 bits per heavy atom. The average molecular weight is 444 g/mol. The van der Waals surface area contributed by atoms with Crippen LogP contribution in [0.25, 0.3) is 11.2 Å². The Kier molecular flexibility index (Phi) is 5.40. The fourth-order valence-electron chi connectivity index (χ4n) is 3.35. The number of rotatable bonds is 5. The second-order valence-electron chi connectivity index (χ2n) is 6.94. The minimum atomic E-state index is -0.455. The van der Waals surface area contributed by atoms with E-state index >= 15 is 0 Å². The molecule has 2 heterocycles. The smallest absolute Gasteiger partial charge is 0.332 e. The first-order valence-corrected chi connectivity index (χ1v) is 10.0. The molecule has 154 valence electrons. The number of hydrogen-bond donors (Lipinski definition) is 1. The number of anilines is 1. The highest BCUT2D eigenvalue weighted by atomic mass is 35.5. The summed E-state index contributed by atoms with van der Waals surface area (Å²) in [6.45, 7) is 0.507. The zero-order chi connectivity index (χ0) is 21.4. The Balaban J connectivity index is 1.78. The van der Waals surface area contributed by atoms with Crippen molar-refractivity contribution in [2.75, 3.05) is 5.32 Å². The first-order chi connectivity index (χ1) is 14.4. The molecule has 4 aromatic rings. The summed E-state index contributed by atoms with van der Waals surface area (Å²) in [5.41, 5.74) is 1.35. The van der Waals surface area contributed by atoms with Crippen LogP contribution < -0.4 is 16.6 Å². The molecule has 1 N–H and O–H groups in total. The lowest BCUT2D eigenvalue weighted by Crippen LogP contribution is -2.39. The van der Waals surface area contributed by atoms with Gasteiger partial charge in [0.2, 0.25) is 5.95 Å². The molecular weight excluding hydrogens is 425 g/mol. The molecule has 0 aliphatic rings. The molecule has 0 fully saturated rings. The van der Waals surface area contributed by atoms with Gasteiger partial charge in [0.05, 0.1) is 6.54 Å². The van der Waals surface area contributed by atoms with E-state index in [1.54, 1.807) is 36.9 Å². The Hall–Kier alpha value is -3.03. The SMILES string of the molecule is Cn1c(NCc2ccccc2Cl)nc2c1c(=O)n(Cc1ccccc1Cl)c(=O)n2C. The van der Waals surface area contributed by atoms with E-state index < -0.39 is 11.2 Å². The van der Waals surface area contributed by atoms with Crippen molar-refractivity contribution in [3.63, 3.8) is 0 Å². The van der Waals surface area contributed by atoms with E-state index in [-0.39, 0.29) is 6.54 Å². The number of halogens is 2. The first kappa shape index (κ1) is 20.3. The largest absolute Gasteiger partial charge is 0.351 e. The third-order valence-electron chi connectivity index (χ3n) is 5.04. The topological polar surface area (TPSA) is 73.8 Å². The zero-order valence-corrected chi connectivity index (χ0v) is 17.9. The van der Waals surface area contributed by atoms with E-state index in [1.165, 1.54) is 9.13 Å². The highest BCUT2D eigenvalue weighted by molar-refractivity contribution is 6.31. The predicted octanol–water partition coefficient (Wildman–Crippen LogP) is 3.40. The molecule has 0 unspecified atom stereocenters. The van der Waals surface area contributed by atoms with Gasteiger partial charge in [-0.2, -0.15) is 4.98 Å². The molecule has 0 aliphatic carbocycles. The van der Waals surface area contributed by atoms with E-state index in [9.17, 15) is 9.59 Å². The second-order valence-corrected chi connectivity index (χ2v) is 7.75. The van der Waals surface area contributed by atoms with Crippen molar-refractivity contribution in [3.05, 3.63) is 90.5 Å². The van der Waals surface area contributed by atoms with Gasteiger partial charge in [-0.1, -0.05) is 59.6 Å². The van der Waals surface area contributed by atoms with Crippen LogP contribution in [0.3, 0.4) is 0 Å². The minimum absolute atomic E-state index is 0.0781. The van der Waals surface area contributed by atoms with E-state index in [1.807, 2.05) is 30.3 Å². The van der Waals surface area contributed by atoms with Crippen LogP contribution in [0.15, 0.2) is 58.1 Å². The van der Waals surface area contributed by atoms with Crippen LogP contribution in [0.1, 0.15) is 11.1 Å². The second kappa shape index (κ2) is 8.01. The molecule has 0 saturated carbocycles. The van der Waals surface area contributed by atoms with Gasteiger partial charge in [0.1, 0.15) is 0 Å². The lowest BCUT2D eigenvalue weighted by molar-refractivity contribution is 0.655. The van der Waals surface area contributed by atoms with Crippen molar-refractivity contribution in [2.24, 2.45) is 14.1 Å². The summed E-state index contributed by atoms with van der Waals surface area (Å²) in [6.07, 6.45) is 0. The summed E-state index contributed by atoms with van der Waals surface area (Å²) >= 11 is 12.4. The van der Waals surface area contributed by atoms with Gasteiger partial charge in [-0.15, -0.1) is 0 Å². The Morgan fingerprint density at radius 3 is 2.13 bits per heavy atom. The van der Waals surface area contributed by atoms with Gasteiger partial charge in [-0.25, -0.2) is 4.79 Å². The predicted molar refractivity (Wildman–Crippen MR) is 120 cm³/mol. The van der Waals surface area contributed by atoms with E-state index in [4.69, 9.17) is 23.2 Å². The molecular formula is C21H19Cl2N5O2. The molecule has 2 aromatic carbocycles. The third-order valence-corrected chi connectivity index (χ3v) is 5.78. The molecule has 0 radical (unpaired) electrons. The van der Waals surface area contributed by atoms with Crippen molar-refractivity contribution < 1.29 is 0 Å². The first-order valence-electron chi connectivity index (χ1n) is 9.25. The molecule has 0 spiro atoms. The van der Waals surface area contributed by atoms with E-state index in [0.29, 0.717) is 39.3 Å². The Bertz CT molecular complexity index is 1370. The van der Waals surface area contributed by atoms with Gasteiger partial charge in [0, 0.05) is 30.7 Å². The summed E-state index contributed by atoms with van der Waals surface area (Å²) < 4.78 is 4.19. The highest BCUT2D eigenvalue weighted by Gasteiger charge is 2.19. The number of aromatic nitrogens is 4. The van der Waals surface area contributed by atoms with Crippen LogP contribution in [0.5, 0.6) is 0 Å². The van der Waals surface area contributed by atoms with Gasteiger partial charge in [-0.05, 0) is 23.3 Å². The molecule has 0 amide bonds. The molecule has 0 saturated heterocycles. The van der Waals surface area contributed by atoms with Gasteiger partial charge in [-0.3, -0.25) is 13.9 Å². The molecule has 2 aromatic heterocycles. The lowest BCUT2D eigenvalue weighted by atomic mass is 10.2. The maximum Gasteiger partial charge on any atom is 0.332 e. The molecule has 0 atom stereocenters. The summed E-state index contributed by atoms with van der Waals surface area (Å²) in [5, 5.41) is 4.33. The molecule has 0 aliphatic heterocycles. The Morgan fingerprint density at radius 1 is 0.900 bits per heavy atom.